The number of amides is 1. The Morgan fingerprint density at radius 2 is 1.79 bits per heavy atom. The van der Waals surface area contributed by atoms with Crippen molar-refractivity contribution in [3.05, 3.63) is 63.9 Å². The van der Waals surface area contributed by atoms with Crippen LogP contribution in [0.1, 0.15) is 34.1 Å². The normalized spacial score (nSPS) is 13.5. The molecule has 0 saturated carbocycles. The van der Waals surface area contributed by atoms with Gasteiger partial charge in [0.25, 0.3) is 5.91 Å². The number of rotatable bonds is 6. The van der Waals surface area contributed by atoms with Crippen molar-refractivity contribution in [3.63, 3.8) is 0 Å². The minimum Gasteiger partial charge on any atom is -0.464 e. The van der Waals surface area contributed by atoms with E-state index in [0.29, 0.717) is 18.3 Å². The van der Waals surface area contributed by atoms with Crippen LogP contribution in [0.15, 0.2) is 36.5 Å². The molecule has 6 nitrogen and oxygen atoms in total. The molecule has 176 valence electrons. The highest BCUT2D eigenvalue weighted by atomic mass is 35.5. The first-order valence-corrected chi connectivity index (χ1v) is 9.41. The van der Waals surface area contributed by atoms with Gasteiger partial charge in [-0.05, 0) is 25.1 Å². The largest absolute Gasteiger partial charge is 0.464 e. The highest BCUT2D eigenvalue weighted by Gasteiger charge is 2.47. The van der Waals surface area contributed by atoms with Crippen LogP contribution in [0.4, 0.5) is 26.3 Å². The van der Waals surface area contributed by atoms with Crippen molar-refractivity contribution < 1.29 is 40.7 Å². The van der Waals surface area contributed by atoms with Crippen molar-refractivity contribution >= 4 is 23.5 Å². The van der Waals surface area contributed by atoms with Crippen molar-refractivity contribution in [1.82, 2.24) is 10.3 Å². The van der Waals surface area contributed by atoms with Gasteiger partial charge in [0.2, 0.25) is 5.41 Å². The van der Waals surface area contributed by atoms with E-state index in [-0.39, 0.29) is 6.61 Å². The number of aromatic nitrogens is 1. The van der Waals surface area contributed by atoms with E-state index in [9.17, 15) is 41.2 Å². The summed E-state index contributed by atoms with van der Waals surface area (Å²) in [5.41, 5.74) is -6.54. The second-order valence-corrected chi connectivity index (χ2v) is 6.92. The quantitative estimate of drug-likeness (QED) is 0.471. The number of carbonyl (C=O) groups excluding carboxylic acids is 2. The molecule has 0 aliphatic carbocycles. The van der Waals surface area contributed by atoms with Crippen LogP contribution < -0.4 is 5.32 Å². The first kappa shape index (κ1) is 25.9. The number of carbonyl (C=O) groups is 2. The van der Waals surface area contributed by atoms with E-state index >= 15 is 0 Å². The minimum absolute atomic E-state index is 0.259. The fourth-order valence-electron chi connectivity index (χ4n) is 2.79. The van der Waals surface area contributed by atoms with Crippen molar-refractivity contribution in [2.75, 3.05) is 13.2 Å². The van der Waals surface area contributed by atoms with E-state index in [1.165, 1.54) is 19.1 Å². The van der Waals surface area contributed by atoms with Gasteiger partial charge in [-0.25, -0.2) is 4.79 Å². The molecule has 0 aliphatic heterocycles. The summed E-state index contributed by atoms with van der Waals surface area (Å²) in [5.74, 6) is -2.61. The van der Waals surface area contributed by atoms with Crippen molar-refractivity contribution in [1.29, 1.82) is 5.26 Å². The molecule has 1 unspecified atom stereocenters. The van der Waals surface area contributed by atoms with Gasteiger partial charge >= 0.3 is 18.3 Å². The van der Waals surface area contributed by atoms with Crippen LogP contribution in [-0.2, 0) is 27.3 Å². The average Bonchev–Trinajstić information content (AvgIpc) is 2.74. The van der Waals surface area contributed by atoms with Crippen LogP contribution in [0, 0.1) is 11.3 Å². The van der Waals surface area contributed by atoms with Crippen LogP contribution in [0.2, 0.25) is 5.02 Å². The molecule has 0 bridgehead atoms. The summed E-state index contributed by atoms with van der Waals surface area (Å²) in [7, 11) is 0. The number of nitrogens with one attached hydrogen (secondary N) is 1. The molecular formula is C20H14ClF6N3O3. The zero-order valence-corrected chi connectivity index (χ0v) is 17.4. The minimum atomic E-state index is -4.88. The molecule has 1 aromatic carbocycles. The third-order valence-electron chi connectivity index (χ3n) is 4.38. The average molecular weight is 494 g/mol. The Balaban J connectivity index is 2.50. The van der Waals surface area contributed by atoms with E-state index in [1.54, 1.807) is 0 Å². The lowest BCUT2D eigenvalue weighted by Crippen LogP contribution is -2.47. The standard InChI is InChI=1S/C20H14ClF6N3O3/c1-2-33-17(32)18(9-28,15-14(21)7-11(8-29-15)19(22,23)24)10-30-16(31)12-5-3-4-6-13(12)20(25,26)27/h3-8H,2,10H2,1H3,(H,30,31). The van der Waals surface area contributed by atoms with E-state index in [1.807, 2.05) is 5.32 Å². The van der Waals surface area contributed by atoms with Gasteiger partial charge in [0.1, 0.15) is 0 Å². The van der Waals surface area contributed by atoms with Crippen LogP contribution in [0.5, 0.6) is 0 Å². The Hall–Kier alpha value is -3.33. The molecule has 33 heavy (non-hydrogen) atoms. The number of benzene rings is 1. The maximum absolute atomic E-state index is 13.2. The summed E-state index contributed by atoms with van der Waals surface area (Å²) in [6.45, 7) is 0.136. The zero-order chi connectivity index (χ0) is 25.0. The van der Waals surface area contributed by atoms with Crippen LogP contribution in [-0.4, -0.2) is 30.0 Å². The Kier molecular flexibility index (Phi) is 7.59. The Labute approximate surface area is 188 Å². The number of halogens is 7. The summed E-state index contributed by atoms with van der Waals surface area (Å²) in [6, 6.07) is 5.72. The van der Waals surface area contributed by atoms with Crippen molar-refractivity contribution in [3.8, 4) is 6.07 Å². The smallest absolute Gasteiger partial charge is 0.417 e. The SMILES string of the molecule is CCOC(=O)C(C#N)(CNC(=O)c1ccccc1C(F)(F)F)c1ncc(C(F)(F)F)cc1Cl. The van der Waals surface area contributed by atoms with E-state index in [4.69, 9.17) is 16.3 Å². The lowest BCUT2D eigenvalue weighted by Gasteiger charge is -2.25. The molecule has 0 radical (unpaired) electrons. The van der Waals surface area contributed by atoms with Gasteiger partial charge in [0.15, 0.2) is 0 Å². The second kappa shape index (κ2) is 9.66. The lowest BCUT2D eigenvalue weighted by atomic mass is 9.84. The Morgan fingerprint density at radius 1 is 1.15 bits per heavy atom. The van der Waals surface area contributed by atoms with Crippen LogP contribution in [0.3, 0.4) is 0 Å². The number of hydrogen-bond acceptors (Lipinski definition) is 5. The van der Waals surface area contributed by atoms with Gasteiger partial charge in [-0.15, -0.1) is 0 Å². The molecule has 0 saturated heterocycles. The van der Waals surface area contributed by atoms with Gasteiger partial charge < -0.3 is 10.1 Å². The van der Waals surface area contributed by atoms with Gasteiger partial charge in [-0.3, -0.25) is 9.78 Å². The molecule has 1 heterocycles. The van der Waals surface area contributed by atoms with Gasteiger partial charge in [-0.1, -0.05) is 23.7 Å². The summed E-state index contributed by atoms with van der Waals surface area (Å²) in [6.07, 6.45) is -9.38. The maximum Gasteiger partial charge on any atom is 0.417 e. The maximum atomic E-state index is 13.2. The predicted molar refractivity (Wildman–Crippen MR) is 102 cm³/mol. The molecule has 2 rings (SSSR count). The first-order valence-electron chi connectivity index (χ1n) is 9.04. The van der Waals surface area contributed by atoms with Crippen molar-refractivity contribution in [2.24, 2.45) is 0 Å². The number of ether oxygens (including phenoxy) is 1. The number of alkyl halides is 6. The van der Waals surface area contributed by atoms with Crippen LogP contribution >= 0.6 is 11.6 Å². The fourth-order valence-corrected chi connectivity index (χ4v) is 3.12. The van der Waals surface area contributed by atoms with Crippen molar-refractivity contribution in [2.45, 2.75) is 24.7 Å². The highest BCUT2D eigenvalue weighted by molar-refractivity contribution is 6.31. The summed E-state index contributed by atoms with van der Waals surface area (Å²) in [5, 5.41) is 11.0. The van der Waals surface area contributed by atoms with E-state index in [0.717, 1.165) is 12.1 Å². The molecule has 1 amide bonds. The Bertz CT molecular complexity index is 1100. The predicted octanol–water partition coefficient (Wildman–Crippen LogP) is 4.53. The number of esters is 1. The van der Waals surface area contributed by atoms with Crippen LogP contribution in [0.25, 0.3) is 0 Å². The second-order valence-electron chi connectivity index (χ2n) is 6.52. The molecular weight excluding hydrogens is 480 g/mol. The number of hydrogen-bond donors (Lipinski definition) is 1. The first-order chi connectivity index (χ1) is 15.3. The summed E-state index contributed by atoms with van der Waals surface area (Å²) < 4.78 is 83.2. The number of nitrogens with zero attached hydrogens (tertiary/aromatic N) is 2. The summed E-state index contributed by atoms with van der Waals surface area (Å²) in [4.78, 5) is 28.6. The Morgan fingerprint density at radius 3 is 2.30 bits per heavy atom. The topological polar surface area (TPSA) is 92.1 Å². The molecule has 0 aliphatic rings. The van der Waals surface area contributed by atoms with E-state index < -0.39 is 63.6 Å². The molecule has 0 fully saturated rings. The molecule has 2 aromatic rings. The lowest BCUT2D eigenvalue weighted by molar-refractivity contribution is -0.147. The third-order valence-corrected chi connectivity index (χ3v) is 4.67. The fraction of sp³-hybridized carbons (Fsp3) is 0.300. The van der Waals surface area contributed by atoms with Gasteiger partial charge in [0, 0.05) is 6.20 Å². The third kappa shape index (κ3) is 5.54. The molecule has 1 N–H and O–H groups in total. The number of nitriles is 1. The highest BCUT2D eigenvalue weighted by Crippen LogP contribution is 2.36. The summed E-state index contributed by atoms with van der Waals surface area (Å²) >= 11 is 5.88. The molecule has 13 heteroatoms. The van der Waals surface area contributed by atoms with Gasteiger partial charge in [-0.2, -0.15) is 31.6 Å². The zero-order valence-electron chi connectivity index (χ0n) is 16.6. The van der Waals surface area contributed by atoms with Gasteiger partial charge in [0.05, 0.1) is 46.6 Å². The monoisotopic (exact) mass is 493 g/mol. The molecule has 0 spiro atoms. The van der Waals surface area contributed by atoms with E-state index in [2.05, 4.69) is 4.98 Å². The molecule has 1 aromatic heterocycles. The molecule has 1 atom stereocenters. The number of pyridine rings is 1.